The molecule has 0 fully saturated rings. The molecule has 0 unspecified atom stereocenters. The molecule has 0 saturated heterocycles. The van der Waals surface area contributed by atoms with Crippen molar-refractivity contribution < 1.29 is 29.3 Å². The fourth-order valence-electron chi connectivity index (χ4n) is 2.84. The standard InChI is InChI=1S/C21H18O6/c1-11(2)19(22)26-16-10-9-14-13-7-5-6-8-15(13)21(24,25)17(14)18(16)27-20(23)12(3)4/h5-10,24-25H,1,3H2,2,4H3. The minimum Gasteiger partial charge on any atom is -0.419 e. The lowest BCUT2D eigenvalue weighted by atomic mass is 10.0. The second-order valence-corrected chi connectivity index (χ2v) is 6.37. The van der Waals surface area contributed by atoms with Crippen LogP contribution in [-0.4, -0.2) is 22.2 Å². The van der Waals surface area contributed by atoms with Gasteiger partial charge in [0.2, 0.25) is 5.79 Å². The number of ether oxygens (including phenoxy) is 2. The van der Waals surface area contributed by atoms with Crippen molar-refractivity contribution in [3.8, 4) is 22.6 Å². The van der Waals surface area contributed by atoms with E-state index < -0.39 is 17.7 Å². The summed E-state index contributed by atoms with van der Waals surface area (Å²) in [7, 11) is 0. The van der Waals surface area contributed by atoms with Crippen LogP contribution in [0.1, 0.15) is 25.0 Å². The molecule has 2 aromatic rings. The second-order valence-electron chi connectivity index (χ2n) is 6.37. The van der Waals surface area contributed by atoms with Crippen molar-refractivity contribution in [3.63, 3.8) is 0 Å². The van der Waals surface area contributed by atoms with E-state index in [-0.39, 0.29) is 33.8 Å². The van der Waals surface area contributed by atoms with Crippen molar-refractivity contribution >= 4 is 11.9 Å². The molecule has 27 heavy (non-hydrogen) atoms. The van der Waals surface area contributed by atoms with Gasteiger partial charge in [-0.3, -0.25) is 0 Å². The van der Waals surface area contributed by atoms with Crippen LogP contribution in [0.5, 0.6) is 11.5 Å². The Kier molecular flexibility index (Phi) is 4.47. The predicted octanol–water partition coefficient (Wildman–Crippen LogP) is 2.82. The zero-order chi connectivity index (χ0) is 19.9. The molecule has 0 aromatic heterocycles. The van der Waals surface area contributed by atoms with Crippen molar-refractivity contribution in [1.29, 1.82) is 0 Å². The van der Waals surface area contributed by atoms with Crippen molar-refractivity contribution in [2.75, 3.05) is 0 Å². The Balaban J connectivity index is 2.24. The van der Waals surface area contributed by atoms with Crippen LogP contribution in [0.25, 0.3) is 11.1 Å². The lowest BCUT2D eigenvalue weighted by Crippen LogP contribution is -2.25. The molecule has 0 radical (unpaired) electrons. The van der Waals surface area contributed by atoms with E-state index in [9.17, 15) is 19.8 Å². The van der Waals surface area contributed by atoms with Crippen molar-refractivity contribution in [2.45, 2.75) is 19.6 Å². The average Bonchev–Trinajstić information content (AvgIpc) is 2.84. The van der Waals surface area contributed by atoms with Crippen LogP contribution in [0.3, 0.4) is 0 Å². The number of fused-ring (bicyclic) bond motifs is 3. The van der Waals surface area contributed by atoms with Gasteiger partial charge in [-0.2, -0.15) is 0 Å². The highest BCUT2D eigenvalue weighted by Crippen LogP contribution is 2.52. The highest BCUT2D eigenvalue weighted by molar-refractivity contribution is 5.93. The summed E-state index contributed by atoms with van der Waals surface area (Å²) in [6.45, 7) is 9.94. The maximum atomic E-state index is 12.1. The largest absolute Gasteiger partial charge is 0.419 e. The van der Waals surface area contributed by atoms with Crippen molar-refractivity contribution in [1.82, 2.24) is 0 Å². The van der Waals surface area contributed by atoms with E-state index in [0.717, 1.165) is 0 Å². The van der Waals surface area contributed by atoms with Gasteiger partial charge in [-0.1, -0.05) is 37.4 Å². The number of carbonyl (C=O) groups is 2. The van der Waals surface area contributed by atoms with Crippen LogP contribution in [0.2, 0.25) is 0 Å². The monoisotopic (exact) mass is 366 g/mol. The van der Waals surface area contributed by atoms with Crippen LogP contribution >= 0.6 is 0 Å². The molecule has 0 atom stereocenters. The van der Waals surface area contributed by atoms with Crippen molar-refractivity contribution in [3.05, 3.63) is 71.8 Å². The van der Waals surface area contributed by atoms with Gasteiger partial charge in [0.25, 0.3) is 0 Å². The summed E-state index contributed by atoms with van der Waals surface area (Å²) in [5.74, 6) is -4.34. The molecule has 3 rings (SSSR count). The van der Waals surface area contributed by atoms with E-state index in [2.05, 4.69) is 13.2 Å². The van der Waals surface area contributed by atoms with Crippen molar-refractivity contribution in [2.24, 2.45) is 0 Å². The molecule has 0 aliphatic heterocycles. The molecule has 2 aromatic carbocycles. The van der Waals surface area contributed by atoms with E-state index in [1.54, 1.807) is 30.3 Å². The number of hydrogen-bond donors (Lipinski definition) is 2. The molecular weight excluding hydrogens is 348 g/mol. The maximum absolute atomic E-state index is 12.1. The zero-order valence-electron chi connectivity index (χ0n) is 14.9. The zero-order valence-corrected chi connectivity index (χ0v) is 14.9. The third kappa shape index (κ3) is 3.05. The van der Waals surface area contributed by atoms with E-state index in [0.29, 0.717) is 11.1 Å². The molecule has 6 heteroatoms. The maximum Gasteiger partial charge on any atom is 0.338 e. The smallest absolute Gasteiger partial charge is 0.338 e. The SMILES string of the molecule is C=C(C)C(=O)Oc1ccc2c(c1OC(=O)C(=C)C)C(O)(O)c1ccccc1-2. The van der Waals surface area contributed by atoms with Crippen LogP contribution < -0.4 is 9.47 Å². The van der Waals surface area contributed by atoms with Gasteiger partial charge >= 0.3 is 11.9 Å². The van der Waals surface area contributed by atoms with Gasteiger partial charge in [0.1, 0.15) is 0 Å². The first-order chi connectivity index (χ1) is 12.6. The van der Waals surface area contributed by atoms with E-state index >= 15 is 0 Å². The minimum atomic E-state index is -2.43. The van der Waals surface area contributed by atoms with Gasteiger partial charge in [0.05, 0.1) is 5.56 Å². The lowest BCUT2D eigenvalue weighted by Gasteiger charge is -2.22. The molecule has 6 nitrogen and oxygen atoms in total. The molecule has 0 bridgehead atoms. The Morgan fingerprint density at radius 1 is 0.889 bits per heavy atom. The summed E-state index contributed by atoms with van der Waals surface area (Å²) in [5.41, 5.74) is 1.41. The summed E-state index contributed by atoms with van der Waals surface area (Å²) in [6.07, 6.45) is 0. The van der Waals surface area contributed by atoms with Gasteiger partial charge < -0.3 is 19.7 Å². The molecule has 0 spiro atoms. The molecule has 138 valence electrons. The van der Waals surface area contributed by atoms with Crippen LogP contribution in [-0.2, 0) is 15.4 Å². The van der Waals surface area contributed by atoms with Gasteiger partial charge in [-0.15, -0.1) is 0 Å². The molecule has 0 saturated carbocycles. The Bertz CT molecular complexity index is 1000. The number of hydrogen-bond acceptors (Lipinski definition) is 6. The van der Waals surface area contributed by atoms with Crippen LogP contribution in [0, 0.1) is 0 Å². The molecule has 2 N–H and O–H groups in total. The molecule has 1 aliphatic rings. The highest BCUT2D eigenvalue weighted by Gasteiger charge is 2.44. The quantitative estimate of drug-likeness (QED) is 0.374. The van der Waals surface area contributed by atoms with Crippen LogP contribution in [0.15, 0.2) is 60.7 Å². The van der Waals surface area contributed by atoms with E-state index in [1.807, 2.05) is 0 Å². The van der Waals surface area contributed by atoms with Gasteiger partial charge in [0, 0.05) is 16.7 Å². The Morgan fingerprint density at radius 3 is 2.11 bits per heavy atom. The summed E-state index contributed by atoms with van der Waals surface area (Å²) >= 11 is 0. The lowest BCUT2D eigenvalue weighted by molar-refractivity contribution is -0.136. The number of aliphatic hydroxyl groups is 2. The number of rotatable bonds is 4. The number of esters is 2. The first-order valence-electron chi connectivity index (χ1n) is 8.12. The molecule has 0 heterocycles. The highest BCUT2D eigenvalue weighted by atomic mass is 16.6. The number of benzene rings is 2. The third-order valence-corrected chi connectivity index (χ3v) is 4.16. The second kappa shape index (κ2) is 6.50. The van der Waals surface area contributed by atoms with Gasteiger partial charge in [-0.05, 0) is 37.1 Å². The third-order valence-electron chi connectivity index (χ3n) is 4.16. The Labute approximate surface area is 156 Å². The predicted molar refractivity (Wildman–Crippen MR) is 98.0 cm³/mol. The first-order valence-corrected chi connectivity index (χ1v) is 8.12. The van der Waals surface area contributed by atoms with Gasteiger partial charge in [0.15, 0.2) is 11.5 Å². The molecule has 0 amide bonds. The summed E-state index contributed by atoms with van der Waals surface area (Å²) in [4.78, 5) is 24.1. The first kappa shape index (κ1) is 18.6. The number of carbonyl (C=O) groups excluding carboxylic acids is 2. The Morgan fingerprint density at radius 2 is 1.48 bits per heavy atom. The minimum absolute atomic E-state index is 0.0784. The summed E-state index contributed by atoms with van der Waals surface area (Å²) in [6, 6.07) is 9.68. The molecular formula is C21H18O6. The summed E-state index contributed by atoms with van der Waals surface area (Å²) in [5, 5.41) is 21.6. The van der Waals surface area contributed by atoms with Crippen LogP contribution in [0.4, 0.5) is 0 Å². The average molecular weight is 366 g/mol. The normalized spacial score (nSPS) is 13.3. The van der Waals surface area contributed by atoms with E-state index in [1.165, 1.54) is 19.9 Å². The topological polar surface area (TPSA) is 93.1 Å². The fraction of sp³-hybridized carbons (Fsp3) is 0.143. The van der Waals surface area contributed by atoms with Gasteiger partial charge in [-0.25, -0.2) is 9.59 Å². The fourth-order valence-corrected chi connectivity index (χ4v) is 2.84. The Hall–Kier alpha value is -3.22. The molecule has 1 aliphatic carbocycles. The summed E-state index contributed by atoms with van der Waals surface area (Å²) < 4.78 is 10.6. The van der Waals surface area contributed by atoms with E-state index in [4.69, 9.17) is 9.47 Å².